The lowest BCUT2D eigenvalue weighted by Gasteiger charge is -2.08. The summed E-state index contributed by atoms with van der Waals surface area (Å²) in [5, 5.41) is 12.8. The van der Waals surface area contributed by atoms with Crippen LogP contribution in [0.25, 0.3) is 11.2 Å². The van der Waals surface area contributed by atoms with Crippen LogP contribution >= 0.6 is 0 Å². The molecule has 0 saturated carbocycles. The lowest BCUT2D eigenvalue weighted by molar-refractivity contribution is 0.407. The van der Waals surface area contributed by atoms with Gasteiger partial charge in [0.2, 0.25) is 0 Å². The molecule has 10 nitrogen and oxygen atoms in total. The number of hydrogen-bond acceptors (Lipinski definition) is 8. The summed E-state index contributed by atoms with van der Waals surface area (Å²) in [6, 6.07) is 5.07. The molecular weight excluding hydrogens is 350 g/mol. The van der Waals surface area contributed by atoms with Crippen LogP contribution in [-0.4, -0.2) is 51.4 Å². The summed E-state index contributed by atoms with van der Waals surface area (Å²) in [6.07, 6.45) is 3.74. The number of benzene rings is 1. The highest BCUT2D eigenvalue weighted by Gasteiger charge is 2.06. The fraction of sp³-hybridized carbons (Fsp3) is 0.214. The van der Waals surface area contributed by atoms with Crippen molar-refractivity contribution in [1.82, 2.24) is 19.9 Å². The topological polar surface area (TPSA) is 150 Å². The largest absolute Gasteiger partial charge is 0.508 e. The Bertz CT molecular complexity index is 949. The highest BCUT2D eigenvalue weighted by molar-refractivity contribution is 7.85. The molecular formula is C14H17N5O5S. The number of imidazole rings is 1. The average Bonchev–Trinajstić information content (AvgIpc) is 3.00. The molecule has 0 spiro atoms. The van der Waals surface area contributed by atoms with E-state index in [-0.39, 0.29) is 5.75 Å². The van der Waals surface area contributed by atoms with Crippen molar-refractivity contribution < 1.29 is 22.8 Å². The Balaban J connectivity index is 0.000000399. The van der Waals surface area contributed by atoms with Crippen molar-refractivity contribution in [3.8, 4) is 11.5 Å². The number of phenolic OH excluding ortho intramolecular Hbond substituents is 1. The van der Waals surface area contributed by atoms with Gasteiger partial charge in [-0.05, 0) is 17.7 Å². The monoisotopic (exact) mass is 367 g/mol. The molecule has 3 rings (SSSR count). The van der Waals surface area contributed by atoms with E-state index in [9.17, 15) is 13.5 Å². The number of aromatic amines is 1. The molecule has 0 unspecified atom stereocenters. The first-order valence-corrected chi connectivity index (χ1v) is 8.78. The average molecular weight is 367 g/mol. The van der Waals surface area contributed by atoms with Crippen LogP contribution in [0.2, 0.25) is 0 Å². The van der Waals surface area contributed by atoms with Crippen LogP contribution in [0, 0.1) is 0 Å². The summed E-state index contributed by atoms with van der Waals surface area (Å²) in [5.41, 5.74) is 2.24. The van der Waals surface area contributed by atoms with Gasteiger partial charge in [0.15, 0.2) is 11.5 Å². The molecule has 0 aliphatic carbocycles. The number of ether oxygens (including phenoxy) is 1. The number of rotatable bonds is 4. The molecule has 0 bridgehead atoms. The standard InChI is InChI=1S/C13H13N5O2.CH4O3S/c1-20-10-3-8(2-9(19)4-10)5-14-12-11-13(16-6-15-11)18-7-17-12;1-5(2,3)4/h2-4,6-7,19H,5H2,1H3,(H2,14,15,16,17,18);1H3,(H,2,3,4). The van der Waals surface area contributed by atoms with Crippen LogP contribution in [0.3, 0.4) is 0 Å². The first kappa shape index (κ1) is 18.4. The van der Waals surface area contributed by atoms with Crippen molar-refractivity contribution in [2.24, 2.45) is 0 Å². The van der Waals surface area contributed by atoms with E-state index >= 15 is 0 Å². The second-order valence-corrected chi connectivity index (χ2v) is 6.42. The maximum atomic E-state index is 9.61. The number of methoxy groups -OCH3 is 1. The zero-order valence-electron chi connectivity index (χ0n) is 13.5. The van der Waals surface area contributed by atoms with E-state index in [1.165, 1.54) is 6.33 Å². The lowest BCUT2D eigenvalue weighted by Crippen LogP contribution is -2.02. The first-order valence-electron chi connectivity index (χ1n) is 6.93. The molecule has 0 aliphatic heterocycles. The van der Waals surface area contributed by atoms with Crippen molar-refractivity contribution >= 4 is 27.1 Å². The molecule has 0 fully saturated rings. The fourth-order valence-electron chi connectivity index (χ4n) is 1.95. The second kappa shape index (κ2) is 7.77. The number of aromatic hydroxyl groups is 1. The third-order valence-corrected chi connectivity index (χ3v) is 2.87. The van der Waals surface area contributed by atoms with Crippen LogP contribution in [0.1, 0.15) is 5.56 Å². The molecule has 3 aromatic rings. The highest BCUT2D eigenvalue weighted by atomic mass is 32.2. The Morgan fingerprint density at radius 1 is 1.24 bits per heavy atom. The van der Waals surface area contributed by atoms with Gasteiger partial charge in [0.1, 0.15) is 23.3 Å². The maximum Gasteiger partial charge on any atom is 0.261 e. The number of fused-ring (bicyclic) bond motifs is 1. The number of anilines is 1. The van der Waals surface area contributed by atoms with Gasteiger partial charge >= 0.3 is 0 Å². The Kier molecular flexibility index (Phi) is 5.72. The fourth-order valence-corrected chi connectivity index (χ4v) is 1.95. The normalized spacial score (nSPS) is 10.8. The van der Waals surface area contributed by atoms with Crippen LogP contribution in [-0.2, 0) is 16.7 Å². The smallest absolute Gasteiger partial charge is 0.261 e. The van der Waals surface area contributed by atoms with Crippen LogP contribution in [0.5, 0.6) is 11.5 Å². The zero-order valence-corrected chi connectivity index (χ0v) is 14.3. The van der Waals surface area contributed by atoms with Crippen molar-refractivity contribution in [2.75, 3.05) is 18.7 Å². The number of nitrogens with one attached hydrogen (secondary N) is 2. The molecule has 11 heteroatoms. The molecule has 0 radical (unpaired) electrons. The summed E-state index contributed by atoms with van der Waals surface area (Å²) in [7, 11) is -2.11. The van der Waals surface area contributed by atoms with E-state index in [4.69, 9.17) is 9.29 Å². The van der Waals surface area contributed by atoms with Gasteiger partial charge in [-0.2, -0.15) is 8.42 Å². The minimum Gasteiger partial charge on any atom is -0.508 e. The molecule has 0 saturated heterocycles. The SMILES string of the molecule is COc1cc(O)cc(CNc2ncnc3nc[nH]c23)c1.CS(=O)(=O)O. The molecule has 0 aliphatic rings. The molecule has 25 heavy (non-hydrogen) atoms. The minimum absolute atomic E-state index is 0.163. The second-order valence-electron chi connectivity index (χ2n) is 4.95. The predicted octanol–water partition coefficient (Wildman–Crippen LogP) is 1.18. The van der Waals surface area contributed by atoms with Gasteiger partial charge in [-0.3, -0.25) is 4.55 Å². The van der Waals surface area contributed by atoms with E-state index in [0.717, 1.165) is 11.1 Å². The van der Waals surface area contributed by atoms with Crippen molar-refractivity contribution in [3.05, 3.63) is 36.4 Å². The Hall–Kier alpha value is -2.92. The molecule has 0 atom stereocenters. The molecule has 2 aromatic heterocycles. The third-order valence-electron chi connectivity index (χ3n) is 2.87. The van der Waals surface area contributed by atoms with E-state index in [0.29, 0.717) is 30.0 Å². The number of aromatic nitrogens is 4. The van der Waals surface area contributed by atoms with E-state index in [2.05, 4.69) is 25.3 Å². The van der Waals surface area contributed by atoms with Gasteiger partial charge in [0, 0.05) is 12.6 Å². The van der Waals surface area contributed by atoms with Gasteiger partial charge in [-0.1, -0.05) is 0 Å². The van der Waals surface area contributed by atoms with Crippen molar-refractivity contribution in [3.63, 3.8) is 0 Å². The Labute approximate surface area is 143 Å². The number of nitrogens with zero attached hydrogens (tertiary/aromatic N) is 3. The van der Waals surface area contributed by atoms with Crippen molar-refractivity contribution in [1.29, 1.82) is 0 Å². The van der Waals surface area contributed by atoms with Gasteiger partial charge in [0.25, 0.3) is 10.1 Å². The van der Waals surface area contributed by atoms with E-state index in [1.807, 2.05) is 6.07 Å². The molecule has 4 N–H and O–H groups in total. The molecule has 0 amide bonds. The Morgan fingerprint density at radius 3 is 2.64 bits per heavy atom. The predicted molar refractivity (Wildman–Crippen MR) is 91.1 cm³/mol. The van der Waals surface area contributed by atoms with E-state index in [1.54, 1.807) is 25.6 Å². The molecule has 1 aromatic carbocycles. The molecule has 134 valence electrons. The summed E-state index contributed by atoms with van der Waals surface area (Å²) < 4.78 is 31.0. The summed E-state index contributed by atoms with van der Waals surface area (Å²) >= 11 is 0. The van der Waals surface area contributed by atoms with Gasteiger partial charge in [0.05, 0.1) is 19.7 Å². The van der Waals surface area contributed by atoms with Crippen LogP contribution in [0.15, 0.2) is 30.9 Å². The third kappa shape index (κ3) is 5.90. The summed E-state index contributed by atoms with van der Waals surface area (Å²) in [4.78, 5) is 15.3. The minimum atomic E-state index is -3.67. The molecule has 2 heterocycles. The van der Waals surface area contributed by atoms with Crippen molar-refractivity contribution in [2.45, 2.75) is 6.54 Å². The quantitative estimate of drug-likeness (QED) is 0.498. The zero-order chi connectivity index (χ0) is 18.4. The summed E-state index contributed by atoms with van der Waals surface area (Å²) in [5.74, 6) is 1.43. The lowest BCUT2D eigenvalue weighted by atomic mass is 10.2. The van der Waals surface area contributed by atoms with Gasteiger partial charge < -0.3 is 20.1 Å². The number of H-pyrrole nitrogens is 1. The first-order chi connectivity index (χ1) is 11.8. The maximum absolute atomic E-state index is 9.61. The van der Waals surface area contributed by atoms with Crippen LogP contribution in [0.4, 0.5) is 5.82 Å². The van der Waals surface area contributed by atoms with Crippen LogP contribution < -0.4 is 10.1 Å². The van der Waals surface area contributed by atoms with Gasteiger partial charge in [-0.15, -0.1) is 0 Å². The number of phenols is 1. The van der Waals surface area contributed by atoms with Gasteiger partial charge in [-0.25, -0.2) is 15.0 Å². The summed E-state index contributed by atoms with van der Waals surface area (Å²) in [6.45, 7) is 0.496. The number of hydrogen-bond donors (Lipinski definition) is 4. The van der Waals surface area contributed by atoms with E-state index < -0.39 is 10.1 Å². The highest BCUT2D eigenvalue weighted by Crippen LogP contribution is 2.22. The Morgan fingerprint density at radius 2 is 1.96 bits per heavy atom.